The Hall–Kier alpha value is -2.52. The van der Waals surface area contributed by atoms with Gasteiger partial charge in [0.2, 0.25) is 5.91 Å². The minimum absolute atomic E-state index is 0.142. The Morgan fingerprint density at radius 3 is 2.06 bits per heavy atom. The van der Waals surface area contributed by atoms with Gasteiger partial charge in [-0.1, -0.05) is 20.3 Å². The average Bonchev–Trinajstić information content (AvgIpc) is 2.56. The highest BCUT2D eigenvalue weighted by Gasteiger charge is 2.48. The first-order valence-corrected chi connectivity index (χ1v) is 11.0. The summed E-state index contributed by atoms with van der Waals surface area (Å²) in [6.45, 7) is 14.0. The summed E-state index contributed by atoms with van der Waals surface area (Å²) in [5.74, 6) is -1.87. The van der Waals surface area contributed by atoms with Gasteiger partial charge in [-0.05, 0) is 60.3 Å². The number of nitrogens with zero attached hydrogens (tertiary/aromatic N) is 1. The van der Waals surface area contributed by atoms with Crippen LogP contribution in [0.15, 0.2) is 0 Å². The molecule has 0 aromatic heterocycles. The lowest BCUT2D eigenvalue weighted by atomic mass is 9.83. The second-order valence-electron chi connectivity index (χ2n) is 10.5. The smallest absolute Gasteiger partial charge is 0.408 e. The molecule has 3 atom stereocenters. The van der Waals surface area contributed by atoms with Gasteiger partial charge in [0.05, 0.1) is 6.54 Å². The number of hydrogen-bond acceptors (Lipinski definition) is 6. The normalized spacial score (nSPS) is 22.5. The van der Waals surface area contributed by atoms with E-state index >= 15 is 0 Å². The van der Waals surface area contributed by atoms with Crippen molar-refractivity contribution in [3.63, 3.8) is 0 Å². The fourth-order valence-electron chi connectivity index (χ4n) is 3.67. The third-order valence-electron chi connectivity index (χ3n) is 4.72. The molecular formula is C22H39N3O7. The van der Waals surface area contributed by atoms with Gasteiger partial charge in [-0.3, -0.25) is 4.79 Å². The zero-order chi connectivity index (χ0) is 24.9. The molecule has 1 saturated heterocycles. The summed E-state index contributed by atoms with van der Waals surface area (Å²) in [5, 5.41) is 15.1. The van der Waals surface area contributed by atoms with Crippen LogP contribution in [0, 0.1) is 5.92 Å². The van der Waals surface area contributed by atoms with E-state index in [4.69, 9.17) is 9.47 Å². The highest BCUT2D eigenvalue weighted by Crippen LogP contribution is 2.27. The van der Waals surface area contributed by atoms with Crippen LogP contribution in [-0.4, -0.2) is 69.9 Å². The van der Waals surface area contributed by atoms with E-state index in [1.54, 1.807) is 41.5 Å². The van der Waals surface area contributed by atoms with Gasteiger partial charge in [0.25, 0.3) is 0 Å². The number of hydrogen-bond donors (Lipinski definition) is 3. The number of aliphatic carboxylic acids is 1. The molecular weight excluding hydrogens is 418 g/mol. The predicted molar refractivity (Wildman–Crippen MR) is 118 cm³/mol. The van der Waals surface area contributed by atoms with Crippen LogP contribution in [0.3, 0.4) is 0 Å². The summed E-state index contributed by atoms with van der Waals surface area (Å²) in [5.41, 5.74) is -3.22. The molecule has 0 aromatic rings. The number of carboxylic acids is 1. The van der Waals surface area contributed by atoms with E-state index in [0.717, 1.165) is 0 Å². The zero-order valence-corrected chi connectivity index (χ0v) is 20.5. The van der Waals surface area contributed by atoms with Gasteiger partial charge in [-0.15, -0.1) is 0 Å². The molecule has 1 aliphatic heterocycles. The topological polar surface area (TPSA) is 134 Å². The fraction of sp³-hybridized carbons (Fsp3) is 0.818. The highest BCUT2D eigenvalue weighted by atomic mass is 16.6. The molecule has 10 nitrogen and oxygen atoms in total. The molecule has 0 radical (unpaired) electrons. The predicted octanol–water partition coefficient (Wildman–Crippen LogP) is 2.90. The molecule has 0 spiro atoms. The lowest BCUT2D eigenvalue weighted by Crippen LogP contribution is -2.67. The van der Waals surface area contributed by atoms with Crippen LogP contribution >= 0.6 is 0 Å². The van der Waals surface area contributed by atoms with E-state index in [1.165, 1.54) is 4.90 Å². The van der Waals surface area contributed by atoms with E-state index < -0.39 is 46.8 Å². The molecule has 1 aliphatic rings. The Kier molecular flexibility index (Phi) is 8.94. The number of likely N-dealkylation sites (tertiary alicyclic amines) is 1. The van der Waals surface area contributed by atoms with Crippen molar-refractivity contribution >= 4 is 24.1 Å². The molecule has 1 fully saturated rings. The molecule has 1 rings (SSSR count). The van der Waals surface area contributed by atoms with E-state index in [2.05, 4.69) is 10.6 Å². The molecule has 0 saturated carbocycles. The van der Waals surface area contributed by atoms with Crippen LogP contribution in [0.2, 0.25) is 0 Å². The monoisotopic (exact) mass is 457 g/mol. The molecule has 184 valence electrons. The van der Waals surface area contributed by atoms with Crippen LogP contribution in [0.5, 0.6) is 0 Å². The number of carbonyl (C=O) groups is 4. The summed E-state index contributed by atoms with van der Waals surface area (Å²) in [4.78, 5) is 51.5. The average molecular weight is 458 g/mol. The number of amides is 3. The number of piperidine rings is 1. The first-order chi connectivity index (χ1) is 14.5. The number of nitrogens with one attached hydrogen (secondary N) is 2. The van der Waals surface area contributed by atoms with Gasteiger partial charge in [0, 0.05) is 6.54 Å². The Morgan fingerprint density at radius 1 is 1.06 bits per heavy atom. The minimum atomic E-state index is -1.70. The number of carbonyl (C=O) groups excluding carboxylic acids is 3. The number of alkyl carbamates (subject to hydrolysis) is 2. The van der Waals surface area contributed by atoms with Crippen molar-refractivity contribution in [1.29, 1.82) is 0 Å². The molecule has 0 aliphatic carbocycles. The largest absolute Gasteiger partial charge is 0.479 e. The van der Waals surface area contributed by atoms with Crippen molar-refractivity contribution in [3.05, 3.63) is 0 Å². The van der Waals surface area contributed by atoms with Crippen molar-refractivity contribution in [2.24, 2.45) is 5.92 Å². The number of carboxylic acid groups (broad SMARTS) is 1. The van der Waals surface area contributed by atoms with E-state index in [9.17, 15) is 24.3 Å². The Morgan fingerprint density at radius 2 is 1.59 bits per heavy atom. The summed E-state index contributed by atoms with van der Waals surface area (Å²) in [6.07, 6.45) is -0.453. The van der Waals surface area contributed by atoms with Crippen LogP contribution < -0.4 is 10.6 Å². The van der Waals surface area contributed by atoms with Crippen molar-refractivity contribution in [2.45, 2.75) is 97.4 Å². The van der Waals surface area contributed by atoms with Gasteiger partial charge in [-0.2, -0.15) is 0 Å². The first kappa shape index (κ1) is 27.5. The van der Waals surface area contributed by atoms with Gasteiger partial charge < -0.3 is 30.1 Å². The Balaban J connectivity index is 3.08. The third kappa shape index (κ3) is 8.55. The lowest BCUT2D eigenvalue weighted by Gasteiger charge is -2.44. The van der Waals surface area contributed by atoms with E-state index in [1.807, 2.05) is 13.8 Å². The summed E-state index contributed by atoms with van der Waals surface area (Å²) in [6, 6.07) is -0.867. The van der Waals surface area contributed by atoms with Crippen molar-refractivity contribution in [2.75, 3.05) is 13.1 Å². The number of ether oxygens (including phenoxy) is 2. The Bertz CT molecular complexity index is 711. The number of rotatable bonds is 6. The van der Waals surface area contributed by atoms with E-state index in [-0.39, 0.29) is 18.9 Å². The zero-order valence-electron chi connectivity index (χ0n) is 20.5. The minimum Gasteiger partial charge on any atom is -0.479 e. The van der Waals surface area contributed by atoms with Gasteiger partial charge in [-0.25, -0.2) is 14.4 Å². The van der Waals surface area contributed by atoms with Gasteiger partial charge in [0.15, 0.2) is 5.54 Å². The van der Waals surface area contributed by atoms with Crippen LogP contribution in [0.1, 0.15) is 74.7 Å². The van der Waals surface area contributed by atoms with Crippen molar-refractivity contribution in [1.82, 2.24) is 15.5 Å². The lowest BCUT2D eigenvalue weighted by molar-refractivity contribution is -0.151. The molecule has 10 heteroatoms. The van der Waals surface area contributed by atoms with Gasteiger partial charge in [0.1, 0.15) is 17.2 Å². The highest BCUT2D eigenvalue weighted by molar-refractivity contribution is 5.89. The molecule has 0 aromatic carbocycles. The summed E-state index contributed by atoms with van der Waals surface area (Å²) in [7, 11) is 0. The summed E-state index contributed by atoms with van der Waals surface area (Å²) < 4.78 is 10.5. The van der Waals surface area contributed by atoms with Crippen molar-refractivity contribution in [3.8, 4) is 0 Å². The summed E-state index contributed by atoms with van der Waals surface area (Å²) >= 11 is 0. The second-order valence-corrected chi connectivity index (χ2v) is 10.5. The van der Waals surface area contributed by atoms with Crippen molar-refractivity contribution < 1.29 is 33.8 Å². The first-order valence-electron chi connectivity index (χ1n) is 11.0. The quantitative estimate of drug-likeness (QED) is 0.558. The molecule has 0 bridgehead atoms. The molecule has 32 heavy (non-hydrogen) atoms. The van der Waals surface area contributed by atoms with E-state index in [0.29, 0.717) is 19.4 Å². The fourth-order valence-corrected chi connectivity index (χ4v) is 3.67. The molecule has 0 unspecified atom stereocenters. The maximum absolute atomic E-state index is 13.3. The van der Waals surface area contributed by atoms with Crippen LogP contribution in [0.4, 0.5) is 9.59 Å². The maximum atomic E-state index is 13.3. The third-order valence-corrected chi connectivity index (χ3v) is 4.72. The van der Waals surface area contributed by atoms with Gasteiger partial charge >= 0.3 is 18.2 Å². The van der Waals surface area contributed by atoms with Crippen LogP contribution in [0.25, 0.3) is 0 Å². The maximum Gasteiger partial charge on any atom is 0.408 e. The molecule has 1 heterocycles. The van der Waals surface area contributed by atoms with Crippen LogP contribution in [-0.2, 0) is 19.1 Å². The SMILES string of the molecule is CCC[C@H](NC(=O)OC(C)(C)C)C(=O)N1C[C@@H](C)C[C@](NC(=O)OC(C)(C)C)(C(=O)O)C1. The molecule has 3 amide bonds. The second kappa shape index (κ2) is 10.4. The molecule has 3 N–H and O–H groups in total. The standard InChI is InChI=1S/C22H39N3O7/c1-9-10-15(23-18(29)31-20(3,4)5)16(26)25-12-14(2)11-22(13-25,17(27)28)24-19(30)32-21(6,7)8/h14-15H,9-13H2,1-8H3,(H,23,29)(H,24,30)(H,27,28)/t14-,15-,22+/m0/s1. The Labute approximate surface area is 190 Å².